The maximum Gasteiger partial charge on any atom is 0.0823 e. The van der Waals surface area contributed by atoms with E-state index in [1.165, 1.54) is 0 Å². The normalized spacial score (nSPS) is 40.9. The average Bonchev–Trinajstić information content (AvgIpc) is 2.71. The first kappa shape index (κ1) is 7.90. The lowest BCUT2D eigenvalue weighted by molar-refractivity contribution is -0.0334. The van der Waals surface area contributed by atoms with Gasteiger partial charge in [-0.05, 0) is 25.0 Å². The van der Waals surface area contributed by atoms with Crippen molar-refractivity contribution in [2.75, 3.05) is 18.1 Å². The molecule has 0 aromatic heterocycles. The van der Waals surface area contributed by atoms with Gasteiger partial charge < -0.3 is 10.2 Å². The van der Waals surface area contributed by atoms with Crippen LogP contribution in [0.25, 0.3) is 0 Å². The summed E-state index contributed by atoms with van der Waals surface area (Å²) < 4.78 is 0. The Hall–Kier alpha value is 0.270. The Kier molecular flexibility index (Phi) is 1.71. The van der Waals surface area contributed by atoms with Crippen LogP contribution >= 0.6 is 11.8 Å². The molecule has 1 saturated heterocycles. The first-order valence-electron chi connectivity index (χ1n) is 4.13. The van der Waals surface area contributed by atoms with E-state index in [4.69, 9.17) is 5.11 Å². The van der Waals surface area contributed by atoms with Crippen molar-refractivity contribution < 1.29 is 10.2 Å². The summed E-state index contributed by atoms with van der Waals surface area (Å²) in [6, 6.07) is 0. The summed E-state index contributed by atoms with van der Waals surface area (Å²) in [5.41, 5.74) is -0.636. The summed E-state index contributed by atoms with van der Waals surface area (Å²) in [6.45, 7) is 0.171. The summed E-state index contributed by atoms with van der Waals surface area (Å²) >= 11 is 1.80. The van der Waals surface area contributed by atoms with Crippen molar-refractivity contribution in [3.63, 3.8) is 0 Å². The Balaban J connectivity index is 2.12. The molecule has 0 spiro atoms. The third kappa shape index (κ3) is 1.02. The Labute approximate surface area is 71.0 Å². The number of aliphatic hydroxyl groups excluding tert-OH is 1. The van der Waals surface area contributed by atoms with Crippen LogP contribution in [0.1, 0.15) is 19.3 Å². The van der Waals surface area contributed by atoms with Crippen molar-refractivity contribution in [1.82, 2.24) is 0 Å². The molecule has 1 heterocycles. The highest BCUT2D eigenvalue weighted by atomic mass is 32.2. The highest BCUT2D eigenvalue weighted by molar-refractivity contribution is 7.99. The van der Waals surface area contributed by atoms with Crippen LogP contribution in [0, 0.1) is 5.41 Å². The topological polar surface area (TPSA) is 40.5 Å². The van der Waals surface area contributed by atoms with Gasteiger partial charge in [-0.3, -0.25) is 0 Å². The van der Waals surface area contributed by atoms with E-state index >= 15 is 0 Å². The third-order valence-corrected chi connectivity index (χ3v) is 4.32. The van der Waals surface area contributed by atoms with Crippen molar-refractivity contribution in [2.24, 2.45) is 5.41 Å². The van der Waals surface area contributed by atoms with Crippen LogP contribution in [0.5, 0.6) is 0 Å². The SMILES string of the molecule is OCC1(C2(O)CCSC2)CC1. The highest BCUT2D eigenvalue weighted by Crippen LogP contribution is 2.57. The van der Waals surface area contributed by atoms with Crippen LogP contribution < -0.4 is 0 Å². The number of rotatable bonds is 2. The van der Waals surface area contributed by atoms with Gasteiger partial charge in [0.2, 0.25) is 0 Å². The van der Waals surface area contributed by atoms with Gasteiger partial charge in [0.25, 0.3) is 0 Å². The Morgan fingerprint density at radius 3 is 2.36 bits per heavy atom. The number of aliphatic hydroxyl groups is 2. The molecule has 0 radical (unpaired) electrons. The standard InChI is InChI=1S/C8H14O2S/c9-5-7(1-2-7)8(10)3-4-11-6-8/h9-10H,1-6H2. The summed E-state index contributed by atoms with van der Waals surface area (Å²) in [4.78, 5) is 0. The van der Waals surface area contributed by atoms with E-state index in [1.807, 2.05) is 0 Å². The monoisotopic (exact) mass is 174 g/mol. The van der Waals surface area contributed by atoms with E-state index < -0.39 is 5.60 Å². The minimum absolute atomic E-state index is 0.101. The van der Waals surface area contributed by atoms with E-state index in [0.29, 0.717) is 0 Å². The molecule has 1 unspecified atom stereocenters. The fourth-order valence-electron chi connectivity index (χ4n) is 1.89. The quantitative estimate of drug-likeness (QED) is 0.645. The molecule has 1 saturated carbocycles. The van der Waals surface area contributed by atoms with Crippen molar-refractivity contribution in [3.05, 3.63) is 0 Å². The van der Waals surface area contributed by atoms with Crippen molar-refractivity contribution in [2.45, 2.75) is 24.9 Å². The highest BCUT2D eigenvalue weighted by Gasteiger charge is 2.59. The van der Waals surface area contributed by atoms with Crippen LogP contribution in [0.2, 0.25) is 0 Å². The summed E-state index contributed by atoms with van der Waals surface area (Å²) in [6.07, 6.45) is 2.90. The molecule has 11 heavy (non-hydrogen) atoms. The molecular formula is C8H14O2S. The zero-order valence-corrected chi connectivity index (χ0v) is 7.36. The molecule has 0 aromatic rings. The largest absolute Gasteiger partial charge is 0.396 e. The molecule has 2 rings (SSSR count). The Morgan fingerprint density at radius 2 is 2.00 bits per heavy atom. The van der Waals surface area contributed by atoms with E-state index in [0.717, 1.165) is 30.8 Å². The van der Waals surface area contributed by atoms with Gasteiger partial charge in [0.1, 0.15) is 0 Å². The fourth-order valence-corrected chi connectivity index (χ4v) is 3.31. The van der Waals surface area contributed by atoms with Gasteiger partial charge in [-0.2, -0.15) is 11.8 Å². The lowest BCUT2D eigenvalue weighted by Gasteiger charge is -2.30. The predicted octanol–water partition coefficient (Wildman–Crippen LogP) is 0.627. The van der Waals surface area contributed by atoms with E-state index in [9.17, 15) is 5.11 Å². The maximum atomic E-state index is 10.1. The van der Waals surface area contributed by atoms with E-state index in [-0.39, 0.29) is 12.0 Å². The van der Waals surface area contributed by atoms with Crippen LogP contribution in [0.15, 0.2) is 0 Å². The molecule has 0 aromatic carbocycles. The second-order valence-corrected chi connectivity index (χ2v) is 4.88. The van der Waals surface area contributed by atoms with Gasteiger partial charge in [-0.25, -0.2) is 0 Å². The van der Waals surface area contributed by atoms with Gasteiger partial charge in [-0.1, -0.05) is 0 Å². The van der Waals surface area contributed by atoms with Crippen LogP contribution in [-0.4, -0.2) is 33.9 Å². The maximum absolute atomic E-state index is 10.1. The first-order valence-corrected chi connectivity index (χ1v) is 5.29. The molecular weight excluding hydrogens is 160 g/mol. The summed E-state index contributed by atoms with van der Waals surface area (Å²) in [5, 5.41) is 19.2. The van der Waals surface area contributed by atoms with E-state index in [1.54, 1.807) is 11.8 Å². The second kappa shape index (κ2) is 2.38. The molecule has 1 atom stereocenters. The Morgan fingerprint density at radius 1 is 1.27 bits per heavy atom. The predicted molar refractivity (Wildman–Crippen MR) is 45.6 cm³/mol. The van der Waals surface area contributed by atoms with Gasteiger partial charge in [0.05, 0.1) is 12.2 Å². The van der Waals surface area contributed by atoms with Gasteiger partial charge >= 0.3 is 0 Å². The molecule has 0 bridgehead atoms. The lowest BCUT2D eigenvalue weighted by Crippen LogP contribution is -2.41. The zero-order valence-electron chi connectivity index (χ0n) is 6.55. The van der Waals surface area contributed by atoms with E-state index in [2.05, 4.69) is 0 Å². The number of hydrogen-bond acceptors (Lipinski definition) is 3. The van der Waals surface area contributed by atoms with Gasteiger partial charge in [-0.15, -0.1) is 0 Å². The van der Waals surface area contributed by atoms with Crippen LogP contribution in [-0.2, 0) is 0 Å². The molecule has 3 heteroatoms. The molecule has 2 aliphatic rings. The smallest absolute Gasteiger partial charge is 0.0823 e. The molecule has 2 fully saturated rings. The fraction of sp³-hybridized carbons (Fsp3) is 1.00. The van der Waals surface area contributed by atoms with Crippen molar-refractivity contribution >= 4 is 11.8 Å². The summed E-state index contributed by atoms with van der Waals surface area (Å²) in [7, 11) is 0. The summed E-state index contributed by atoms with van der Waals surface area (Å²) in [5.74, 6) is 1.88. The average molecular weight is 174 g/mol. The lowest BCUT2D eigenvalue weighted by atomic mass is 9.84. The van der Waals surface area contributed by atoms with Crippen LogP contribution in [0.3, 0.4) is 0 Å². The van der Waals surface area contributed by atoms with Crippen molar-refractivity contribution in [3.8, 4) is 0 Å². The Bertz CT molecular complexity index is 159. The molecule has 2 N–H and O–H groups in total. The minimum Gasteiger partial charge on any atom is -0.396 e. The number of thioether (sulfide) groups is 1. The van der Waals surface area contributed by atoms with Crippen molar-refractivity contribution in [1.29, 1.82) is 0 Å². The number of hydrogen-bond donors (Lipinski definition) is 2. The third-order valence-electron chi connectivity index (χ3n) is 3.14. The molecule has 64 valence electrons. The van der Waals surface area contributed by atoms with Crippen LogP contribution in [0.4, 0.5) is 0 Å². The minimum atomic E-state index is -0.535. The second-order valence-electron chi connectivity index (χ2n) is 3.77. The van der Waals surface area contributed by atoms with Gasteiger partial charge in [0.15, 0.2) is 0 Å². The molecule has 1 aliphatic heterocycles. The molecule has 0 amide bonds. The molecule has 1 aliphatic carbocycles. The molecule has 2 nitrogen and oxygen atoms in total. The first-order chi connectivity index (χ1) is 5.22. The van der Waals surface area contributed by atoms with Gasteiger partial charge in [0, 0.05) is 11.2 Å². The zero-order chi connectivity index (χ0) is 7.95.